The maximum Gasteiger partial charge on any atom is 0.241 e. The zero-order valence-corrected chi connectivity index (χ0v) is 12.3. The predicted molar refractivity (Wildman–Crippen MR) is 74.3 cm³/mol. The Labute approximate surface area is 114 Å². The summed E-state index contributed by atoms with van der Waals surface area (Å²) >= 11 is 0. The highest BCUT2D eigenvalue weighted by Gasteiger charge is 2.22. The standard InChI is InChI=1S/C13H20N2O3S/c1-4-9-14-13(16)11(3)15-19(17,18)12-8-6-5-7-10(12)2/h5-8,11,15H,4,9H2,1-3H3,(H,14,16). The number of carbonyl (C=O) groups is 1. The van der Waals surface area contributed by atoms with Crippen LogP contribution >= 0.6 is 0 Å². The van der Waals surface area contributed by atoms with Crippen LogP contribution in [0.3, 0.4) is 0 Å². The van der Waals surface area contributed by atoms with Gasteiger partial charge < -0.3 is 5.32 Å². The Morgan fingerprint density at radius 2 is 1.95 bits per heavy atom. The van der Waals surface area contributed by atoms with E-state index in [9.17, 15) is 13.2 Å². The van der Waals surface area contributed by atoms with Gasteiger partial charge in [0.15, 0.2) is 0 Å². The van der Waals surface area contributed by atoms with E-state index in [1.54, 1.807) is 25.1 Å². The molecule has 1 aromatic carbocycles. The van der Waals surface area contributed by atoms with E-state index in [0.717, 1.165) is 6.42 Å². The second kappa shape index (κ2) is 6.68. The number of benzene rings is 1. The third-order valence-electron chi connectivity index (χ3n) is 2.66. The smallest absolute Gasteiger partial charge is 0.241 e. The van der Waals surface area contributed by atoms with E-state index < -0.39 is 16.1 Å². The van der Waals surface area contributed by atoms with E-state index in [-0.39, 0.29) is 10.8 Å². The van der Waals surface area contributed by atoms with Crippen LogP contribution in [-0.4, -0.2) is 26.9 Å². The molecule has 1 aromatic rings. The molecule has 0 saturated heterocycles. The normalized spacial score (nSPS) is 13.0. The topological polar surface area (TPSA) is 75.3 Å². The van der Waals surface area contributed by atoms with Crippen molar-refractivity contribution in [3.8, 4) is 0 Å². The molecule has 1 unspecified atom stereocenters. The maximum absolute atomic E-state index is 12.2. The number of nitrogens with one attached hydrogen (secondary N) is 2. The predicted octanol–water partition coefficient (Wildman–Crippen LogP) is 1.19. The Morgan fingerprint density at radius 3 is 2.53 bits per heavy atom. The lowest BCUT2D eigenvalue weighted by molar-refractivity contribution is -0.122. The van der Waals surface area contributed by atoms with E-state index in [2.05, 4.69) is 10.0 Å². The summed E-state index contributed by atoms with van der Waals surface area (Å²) in [6.07, 6.45) is 0.809. The van der Waals surface area contributed by atoms with Crippen molar-refractivity contribution in [1.29, 1.82) is 0 Å². The molecule has 0 saturated carbocycles. The van der Waals surface area contributed by atoms with Gasteiger partial charge in [0.1, 0.15) is 0 Å². The van der Waals surface area contributed by atoms with Crippen molar-refractivity contribution in [2.45, 2.75) is 38.1 Å². The SMILES string of the molecule is CCCNC(=O)C(C)NS(=O)(=O)c1ccccc1C. The van der Waals surface area contributed by atoms with Crippen LogP contribution in [0.4, 0.5) is 0 Å². The number of sulfonamides is 1. The van der Waals surface area contributed by atoms with Crippen LogP contribution in [0.15, 0.2) is 29.2 Å². The van der Waals surface area contributed by atoms with E-state index in [4.69, 9.17) is 0 Å². The fourth-order valence-electron chi connectivity index (χ4n) is 1.61. The summed E-state index contributed by atoms with van der Waals surface area (Å²) in [5.41, 5.74) is 0.649. The minimum atomic E-state index is -3.67. The summed E-state index contributed by atoms with van der Waals surface area (Å²) in [5.74, 6) is -0.320. The second-order valence-corrected chi connectivity index (χ2v) is 6.08. The number of aryl methyl sites for hydroxylation is 1. The van der Waals surface area contributed by atoms with Gasteiger partial charge in [-0.05, 0) is 31.9 Å². The van der Waals surface area contributed by atoms with Crippen LogP contribution in [0.25, 0.3) is 0 Å². The van der Waals surface area contributed by atoms with Gasteiger partial charge in [0, 0.05) is 6.54 Å². The minimum absolute atomic E-state index is 0.199. The van der Waals surface area contributed by atoms with Crippen molar-refractivity contribution < 1.29 is 13.2 Å². The largest absolute Gasteiger partial charge is 0.355 e. The van der Waals surface area contributed by atoms with Crippen LogP contribution < -0.4 is 10.0 Å². The monoisotopic (exact) mass is 284 g/mol. The first-order chi connectivity index (χ1) is 8.88. The summed E-state index contributed by atoms with van der Waals surface area (Å²) < 4.78 is 26.7. The molecule has 0 radical (unpaired) electrons. The van der Waals surface area contributed by atoms with E-state index in [0.29, 0.717) is 12.1 Å². The summed E-state index contributed by atoms with van der Waals surface area (Å²) in [6, 6.07) is 5.87. The minimum Gasteiger partial charge on any atom is -0.355 e. The van der Waals surface area contributed by atoms with Gasteiger partial charge in [-0.15, -0.1) is 0 Å². The fraction of sp³-hybridized carbons (Fsp3) is 0.462. The van der Waals surface area contributed by atoms with E-state index in [1.165, 1.54) is 13.0 Å². The van der Waals surface area contributed by atoms with Crippen LogP contribution in [0.1, 0.15) is 25.8 Å². The fourth-order valence-corrected chi connectivity index (χ4v) is 3.06. The van der Waals surface area contributed by atoms with Gasteiger partial charge in [-0.2, -0.15) is 4.72 Å². The molecule has 106 valence electrons. The van der Waals surface area contributed by atoms with Crippen molar-refractivity contribution in [1.82, 2.24) is 10.0 Å². The summed E-state index contributed by atoms with van der Waals surface area (Å²) in [4.78, 5) is 11.9. The lowest BCUT2D eigenvalue weighted by Gasteiger charge is -2.15. The first-order valence-corrected chi connectivity index (χ1v) is 7.72. The summed E-state index contributed by atoms with van der Waals surface area (Å²) in [7, 11) is -3.67. The van der Waals surface area contributed by atoms with Gasteiger partial charge in [-0.1, -0.05) is 25.1 Å². The lowest BCUT2D eigenvalue weighted by Crippen LogP contribution is -2.45. The molecule has 2 N–H and O–H groups in total. The first-order valence-electron chi connectivity index (χ1n) is 6.24. The Hall–Kier alpha value is -1.40. The number of amides is 1. The van der Waals surface area contributed by atoms with Crippen molar-refractivity contribution in [2.24, 2.45) is 0 Å². The molecule has 0 aliphatic carbocycles. The van der Waals surface area contributed by atoms with Gasteiger partial charge >= 0.3 is 0 Å². The molecule has 0 aromatic heterocycles. The molecule has 1 amide bonds. The Morgan fingerprint density at radius 1 is 1.32 bits per heavy atom. The highest BCUT2D eigenvalue weighted by molar-refractivity contribution is 7.89. The summed E-state index contributed by atoms with van der Waals surface area (Å²) in [6.45, 7) is 5.72. The highest BCUT2D eigenvalue weighted by atomic mass is 32.2. The van der Waals surface area contributed by atoms with Gasteiger partial charge in [0.05, 0.1) is 10.9 Å². The Balaban J connectivity index is 2.81. The van der Waals surface area contributed by atoms with Crippen molar-refractivity contribution >= 4 is 15.9 Å². The Kier molecular flexibility index (Phi) is 5.50. The molecule has 0 spiro atoms. The lowest BCUT2D eigenvalue weighted by atomic mass is 10.2. The number of hydrogen-bond donors (Lipinski definition) is 2. The molecule has 19 heavy (non-hydrogen) atoms. The number of carbonyl (C=O) groups excluding carboxylic acids is 1. The van der Waals surface area contributed by atoms with Crippen LogP contribution in [0.2, 0.25) is 0 Å². The van der Waals surface area contributed by atoms with Gasteiger partial charge in [0.25, 0.3) is 0 Å². The molecule has 1 rings (SSSR count). The first kappa shape index (κ1) is 15.7. The van der Waals surface area contributed by atoms with Gasteiger partial charge in [-0.25, -0.2) is 8.42 Å². The Bertz CT molecular complexity index is 541. The zero-order valence-electron chi connectivity index (χ0n) is 11.4. The average Bonchev–Trinajstić information content (AvgIpc) is 2.35. The highest BCUT2D eigenvalue weighted by Crippen LogP contribution is 2.14. The van der Waals surface area contributed by atoms with Gasteiger partial charge in [-0.3, -0.25) is 4.79 Å². The van der Waals surface area contributed by atoms with Gasteiger partial charge in [0.2, 0.25) is 15.9 Å². The van der Waals surface area contributed by atoms with Crippen LogP contribution in [0, 0.1) is 6.92 Å². The molecule has 0 bridgehead atoms. The van der Waals surface area contributed by atoms with Crippen LogP contribution in [-0.2, 0) is 14.8 Å². The third-order valence-corrected chi connectivity index (χ3v) is 4.36. The number of hydrogen-bond acceptors (Lipinski definition) is 3. The maximum atomic E-state index is 12.2. The molecule has 0 heterocycles. The molecular formula is C13H20N2O3S. The molecule has 0 fully saturated rings. The van der Waals surface area contributed by atoms with Crippen molar-refractivity contribution in [3.05, 3.63) is 29.8 Å². The third kappa shape index (κ3) is 4.33. The second-order valence-electron chi connectivity index (χ2n) is 4.40. The molecular weight excluding hydrogens is 264 g/mol. The zero-order chi connectivity index (χ0) is 14.5. The molecule has 0 aliphatic rings. The molecule has 1 atom stereocenters. The summed E-state index contributed by atoms with van der Waals surface area (Å²) in [5, 5.41) is 2.65. The van der Waals surface area contributed by atoms with E-state index >= 15 is 0 Å². The average molecular weight is 284 g/mol. The molecule has 6 heteroatoms. The van der Waals surface area contributed by atoms with Crippen LogP contribution in [0.5, 0.6) is 0 Å². The molecule has 5 nitrogen and oxygen atoms in total. The molecule has 0 aliphatic heterocycles. The van der Waals surface area contributed by atoms with Crippen molar-refractivity contribution in [3.63, 3.8) is 0 Å². The van der Waals surface area contributed by atoms with Crippen molar-refractivity contribution in [2.75, 3.05) is 6.54 Å². The number of rotatable bonds is 6. The van der Waals surface area contributed by atoms with E-state index in [1.807, 2.05) is 6.92 Å². The quantitative estimate of drug-likeness (QED) is 0.824.